The topological polar surface area (TPSA) is 84.5 Å². The molecule has 156 valence electrons. The molecule has 2 heterocycles. The fraction of sp³-hybridized carbons (Fsp3) is 0.167. The Kier molecular flexibility index (Phi) is 5.85. The number of alkyl halides is 5. The second-order valence-electron chi connectivity index (χ2n) is 5.87. The van der Waals surface area contributed by atoms with Crippen LogP contribution in [0.4, 0.5) is 22.0 Å². The third-order valence-electron chi connectivity index (χ3n) is 3.76. The molecule has 12 heteroatoms. The van der Waals surface area contributed by atoms with Crippen LogP contribution in [-0.2, 0) is 6.18 Å². The van der Waals surface area contributed by atoms with Gasteiger partial charge in [0, 0.05) is 18.8 Å². The van der Waals surface area contributed by atoms with Crippen LogP contribution in [0.1, 0.15) is 33.9 Å². The number of halogens is 5. The SMILES string of the molecule is CN(/N=C/c1ccc(-c2nnc(C(F)F)o2)cc1)C(=O)c1ccc(C(F)(F)F)nc1. The average molecular weight is 425 g/mol. The van der Waals surface area contributed by atoms with Crippen LogP contribution in [0, 0.1) is 0 Å². The van der Waals surface area contributed by atoms with E-state index in [9.17, 15) is 26.7 Å². The van der Waals surface area contributed by atoms with Gasteiger partial charge in [-0.3, -0.25) is 9.78 Å². The summed E-state index contributed by atoms with van der Waals surface area (Å²) < 4.78 is 67.4. The van der Waals surface area contributed by atoms with Crippen LogP contribution in [0.15, 0.2) is 52.1 Å². The third-order valence-corrected chi connectivity index (χ3v) is 3.76. The predicted octanol–water partition coefficient (Wildman–Crippen LogP) is 4.19. The van der Waals surface area contributed by atoms with Crippen LogP contribution in [0.2, 0.25) is 0 Å². The minimum Gasteiger partial charge on any atom is -0.415 e. The van der Waals surface area contributed by atoms with Gasteiger partial charge in [-0.05, 0) is 29.8 Å². The van der Waals surface area contributed by atoms with Crippen LogP contribution in [0.25, 0.3) is 11.5 Å². The number of carbonyl (C=O) groups is 1. The van der Waals surface area contributed by atoms with Crippen molar-refractivity contribution in [2.45, 2.75) is 12.6 Å². The number of amides is 1. The summed E-state index contributed by atoms with van der Waals surface area (Å²) in [5, 5.41) is 11.6. The van der Waals surface area contributed by atoms with Gasteiger partial charge in [-0.15, -0.1) is 10.2 Å². The zero-order valence-corrected chi connectivity index (χ0v) is 15.1. The molecule has 1 aromatic carbocycles. The molecule has 7 nitrogen and oxygen atoms in total. The van der Waals surface area contributed by atoms with Crippen molar-refractivity contribution >= 4 is 12.1 Å². The van der Waals surface area contributed by atoms with Crippen molar-refractivity contribution < 1.29 is 31.2 Å². The van der Waals surface area contributed by atoms with Crippen LogP contribution < -0.4 is 0 Å². The van der Waals surface area contributed by atoms with E-state index in [2.05, 4.69) is 20.3 Å². The van der Waals surface area contributed by atoms with Gasteiger partial charge in [0.25, 0.3) is 11.8 Å². The first kappa shape index (κ1) is 21.0. The molecule has 0 atom stereocenters. The number of nitrogens with zero attached hydrogens (tertiary/aromatic N) is 5. The van der Waals surface area contributed by atoms with Crippen molar-refractivity contribution in [3.05, 3.63) is 65.3 Å². The van der Waals surface area contributed by atoms with Gasteiger partial charge in [-0.25, -0.2) is 5.01 Å². The summed E-state index contributed by atoms with van der Waals surface area (Å²) in [4.78, 5) is 15.5. The Balaban J connectivity index is 1.66. The van der Waals surface area contributed by atoms with E-state index in [1.54, 1.807) is 12.1 Å². The zero-order valence-electron chi connectivity index (χ0n) is 15.1. The van der Waals surface area contributed by atoms with Gasteiger partial charge >= 0.3 is 12.6 Å². The fourth-order valence-corrected chi connectivity index (χ4v) is 2.23. The number of hydrazone groups is 1. The normalized spacial score (nSPS) is 12.0. The number of carbonyl (C=O) groups excluding carboxylic acids is 1. The molecule has 30 heavy (non-hydrogen) atoms. The first-order valence-corrected chi connectivity index (χ1v) is 8.22. The van der Waals surface area contributed by atoms with Crippen molar-refractivity contribution in [3.63, 3.8) is 0 Å². The number of pyridine rings is 1. The van der Waals surface area contributed by atoms with Gasteiger partial charge in [0.15, 0.2) is 0 Å². The molecule has 0 N–H and O–H groups in total. The Morgan fingerprint density at radius 2 is 1.83 bits per heavy atom. The van der Waals surface area contributed by atoms with Crippen molar-refractivity contribution in [1.82, 2.24) is 20.2 Å². The van der Waals surface area contributed by atoms with E-state index in [0.717, 1.165) is 17.3 Å². The zero-order chi connectivity index (χ0) is 21.9. The lowest BCUT2D eigenvalue weighted by atomic mass is 10.1. The molecule has 0 fully saturated rings. The Hall–Kier alpha value is -3.70. The highest BCUT2D eigenvalue weighted by Gasteiger charge is 2.32. The number of aromatic nitrogens is 3. The summed E-state index contributed by atoms with van der Waals surface area (Å²) in [6.07, 6.45) is -5.31. The first-order valence-electron chi connectivity index (χ1n) is 8.22. The van der Waals surface area contributed by atoms with Crippen molar-refractivity contribution in [3.8, 4) is 11.5 Å². The Morgan fingerprint density at radius 3 is 2.37 bits per heavy atom. The lowest BCUT2D eigenvalue weighted by Crippen LogP contribution is -2.22. The van der Waals surface area contributed by atoms with Gasteiger partial charge < -0.3 is 4.42 Å². The van der Waals surface area contributed by atoms with E-state index in [0.29, 0.717) is 17.2 Å². The van der Waals surface area contributed by atoms with E-state index in [-0.39, 0.29) is 11.5 Å². The molecule has 3 rings (SSSR count). The number of benzene rings is 1. The lowest BCUT2D eigenvalue weighted by Gasteiger charge is -2.11. The molecular weight excluding hydrogens is 413 g/mol. The molecule has 0 aliphatic rings. The summed E-state index contributed by atoms with van der Waals surface area (Å²) in [5.41, 5.74) is -0.208. The van der Waals surface area contributed by atoms with Crippen LogP contribution in [0.5, 0.6) is 0 Å². The minimum atomic E-state index is -4.60. The molecule has 0 saturated carbocycles. The van der Waals surface area contributed by atoms with E-state index in [1.807, 2.05) is 0 Å². The van der Waals surface area contributed by atoms with Gasteiger partial charge in [0.2, 0.25) is 5.89 Å². The van der Waals surface area contributed by atoms with E-state index < -0.39 is 30.1 Å². The number of hydrogen-bond acceptors (Lipinski definition) is 6. The molecule has 0 spiro atoms. The second-order valence-corrected chi connectivity index (χ2v) is 5.87. The monoisotopic (exact) mass is 425 g/mol. The van der Waals surface area contributed by atoms with Gasteiger partial charge in [0.05, 0.1) is 11.8 Å². The van der Waals surface area contributed by atoms with Gasteiger partial charge in [0.1, 0.15) is 5.69 Å². The maximum absolute atomic E-state index is 12.5. The largest absolute Gasteiger partial charge is 0.433 e. The molecule has 0 radical (unpaired) electrons. The maximum Gasteiger partial charge on any atom is 0.433 e. The average Bonchev–Trinajstić information content (AvgIpc) is 3.22. The van der Waals surface area contributed by atoms with Crippen molar-refractivity contribution in [2.24, 2.45) is 5.10 Å². The fourth-order valence-electron chi connectivity index (χ4n) is 2.23. The Morgan fingerprint density at radius 1 is 1.13 bits per heavy atom. The summed E-state index contributed by atoms with van der Waals surface area (Å²) in [6, 6.07) is 7.93. The predicted molar refractivity (Wildman–Crippen MR) is 93.6 cm³/mol. The quantitative estimate of drug-likeness (QED) is 0.348. The van der Waals surface area contributed by atoms with E-state index in [1.165, 1.54) is 25.4 Å². The Labute approximate surface area is 165 Å². The molecule has 0 aliphatic heterocycles. The molecule has 1 amide bonds. The molecule has 0 saturated heterocycles. The number of hydrogen-bond donors (Lipinski definition) is 0. The molecule has 0 aliphatic carbocycles. The molecule has 3 aromatic rings. The smallest absolute Gasteiger partial charge is 0.415 e. The maximum atomic E-state index is 12.5. The summed E-state index contributed by atoms with van der Waals surface area (Å²) in [7, 11) is 1.33. The minimum absolute atomic E-state index is 0.0655. The highest BCUT2D eigenvalue weighted by molar-refractivity contribution is 5.94. The molecule has 0 unspecified atom stereocenters. The molecule has 0 bridgehead atoms. The highest BCUT2D eigenvalue weighted by atomic mass is 19.4. The van der Waals surface area contributed by atoms with Crippen LogP contribution in [-0.4, -0.2) is 39.4 Å². The van der Waals surface area contributed by atoms with Crippen LogP contribution >= 0.6 is 0 Å². The molecular formula is C18H12F5N5O2. The van der Waals surface area contributed by atoms with E-state index >= 15 is 0 Å². The van der Waals surface area contributed by atoms with Crippen LogP contribution in [0.3, 0.4) is 0 Å². The summed E-state index contributed by atoms with van der Waals surface area (Å²) in [5.74, 6) is -1.51. The van der Waals surface area contributed by atoms with Gasteiger partial charge in [-0.1, -0.05) is 12.1 Å². The summed E-state index contributed by atoms with van der Waals surface area (Å²) >= 11 is 0. The Bertz CT molecular complexity index is 1050. The molecule has 2 aromatic heterocycles. The lowest BCUT2D eigenvalue weighted by molar-refractivity contribution is -0.141. The second kappa shape index (κ2) is 8.35. The summed E-state index contributed by atoms with van der Waals surface area (Å²) in [6.45, 7) is 0. The van der Waals surface area contributed by atoms with Gasteiger partial charge in [-0.2, -0.15) is 27.1 Å². The van der Waals surface area contributed by atoms with E-state index in [4.69, 9.17) is 4.42 Å². The highest BCUT2D eigenvalue weighted by Crippen LogP contribution is 2.27. The number of rotatable bonds is 5. The first-order chi connectivity index (χ1) is 14.1. The van der Waals surface area contributed by atoms with Crippen molar-refractivity contribution in [2.75, 3.05) is 7.05 Å². The van der Waals surface area contributed by atoms with Crippen molar-refractivity contribution in [1.29, 1.82) is 0 Å². The third kappa shape index (κ3) is 4.82. The standard InChI is InChI=1S/C18H12F5N5O2/c1-28(17(29)12-6-7-13(24-9-12)18(21,22)23)25-8-10-2-4-11(5-3-10)15-26-27-16(30-15)14(19)20/h2-9,14H,1H3/b25-8+.